The minimum atomic E-state index is -0.115. The summed E-state index contributed by atoms with van der Waals surface area (Å²) in [5, 5.41) is 9.70. The van der Waals surface area contributed by atoms with Gasteiger partial charge in [-0.15, -0.1) is 0 Å². The van der Waals surface area contributed by atoms with Gasteiger partial charge in [-0.1, -0.05) is 0 Å². The van der Waals surface area contributed by atoms with E-state index in [2.05, 4.69) is 21.8 Å². The zero-order chi connectivity index (χ0) is 13.6. The zero-order valence-electron chi connectivity index (χ0n) is 11.8. The summed E-state index contributed by atoms with van der Waals surface area (Å²) in [5.41, 5.74) is 3.11. The third-order valence-electron chi connectivity index (χ3n) is 4.74. The van der Waals surface area contributed by atoms with Crippen molar-refractivity contribution in [2.24, 2.45) is 11.3 Å². The molecule has 0 aromatic carbocycles. The molecule has 3 heterocycles. The van der Waals surface area contributed by atoms with Gasteiger partial charge < -0.3 is 14.7 Å². The summed E-state index contributed by atoms with van der Waals surface area (Å²) in [7, 11) is 0. The molecule has 0 amide bonds. The van der Waals surface area contributed by atoms with E-state index in [0.29, 0.717) is 12.5 Å². The Morgan fingerprint density at radius 2 is 2.00 bits per heavy atom. The first-order valence-electron chi connectivity index (χ1n) is 6.81. The fraction of sp³-hybridized carbons (Fsp3) is 0.714. The summed E-state index contributed by atoms with van der Waals surface area (Å²) in [6, 6.07) is 0. The normalized spacial score (nSPS) is 29.9. The van der Waals surface area contributed by atoms with E-state index in [1.165, 1.54) is 0 Å². The van der Waals surface area contributed by atoms with Crippen molar-refractivity contribution in [3.8, 4) is 0 Å². The first-order chi connectivity index (χ1) is 9.05. The lowest BCUT2D eigenvalue weighted by Crippen LogP contribution is -2.34. The van der Waals surface area contributed by atoms with Gasteiger partial charge in [-0.2, -0.15) is 0 Å². The predicted octanol–water partition coefficient (Wildman–Crippen LogP) is 0.847. The highest BCUT2D eigenvalue weighted by Gasteiger charge is 2.51. The number of fused-ring (bicyclic) bond motifs is 1. The number of hydrogen-bond acceptors (Lipinski definition) is 5. The van der Waals surface area contributed by atoms with Gasteiger partial charge in [-0.3, -0.25) is 0 Å². The van der Waals surface area contributed by atoms with Crippen molar-refractivity contribution in [3.63, 3.8) is 0 Å². The van der Waals surface area contributed by atoms with E-state index in [1.54, 1.807) is 0 Å². The second-order valence-electron chi connectivity index (χ2n) is 5.93. The van der Waals surface area contributed by atoms with E-state index in [4.69, 9.17) is 4.74 Å². The van der Waals surface area contributed by atoms with Crippen LogP contribution in [0.5, 0.6) is 0 Å². The molecule has 0 bridgehead atoms. The predicted molar refractivity (Wildman–Crippen MR) is 72.3 cm³/mol. The van der Waals surface area contributed by atoms with Crippen LogP contribution in [0.4, 0.5) is 5.95 Å². The lowest BCUT2D eigenvalue weighted by molar-refractivity contribution is 0.0988. The minimum absolute atomic E-state index is 0.115. The van der Waals surface area contributed by atoms with Crippen molar-refractivity contribution in [2.75, 3.05) is 37.8 Å². The largest absolute Gasteiger partial charge is 0.396 e. The van der Waals surface area contributed by atoms with Gasteiger partial charge in [0.25, 0.3) is 0 Å². The van der Waals surface area contributed by atoms with Gasteiger partial charge in [0.2, 0.25) is 5.95 Å². The molecule has 5 nitrogen and oxygen atoms in total. The van der Waals surface area contributed by atoms with Crippen LogP contribution < -0.4 is 4.90 Å². The van der Waals surface area contributed by atoms with Gasteiger partial charge in [0.05, 0.1) is 19.8 Å². The number of rotatable bonds is 2. The molecule has 19 heavy (non-hydrogen) atoms. The van der Waals surface area contributed by atoms with Crippen LogP contribution in [0.1, 0.15) is 17.0 Å². The maximum absolute atomic E-state index is 9.70. The van der Waals surface area contributed by atoms with Crippen LogP contribution in [-0.4, -0.2) is 48.0 Å². The molecule has 2 saturated heterocycles. The molecule has 0 spiro atoms. The van der Waals surface area contributed by atoms with Gasteiger partial charge in [0, 0.05) is 35.8 Å². The minimum Gasteiger partial charge on any atom is -0.396 e. The van der Waals surface area contributed by atoms with Crippen LogP contribution in [0.25, 0.3) is 0 Å². The molecule has 1 N–H and O–H groups in total. The molecular formula is C14H21N3O2. The highest BCUT2D eigenvalue weighted by molar-refractivity contribution is 5.38. The number of aryl methyl sites for hydroxylation is 2. The van der Waals surface area contributed by atoms with Crippen LogP contribution in [0.15, 0.2) is 0 Å². The van der Waals surface area contributed by atoms with E-state index in [9.17, 15) is 5.11 Å². The van der Waals surface area contributed by atoms with Crippen LogP contribution in [0.2, 0.25) is 0 Å². The van der Waals surface area contributed by atoms with Crippen LogP contribution in [0, 0.1) is 32.1 Å². The van der Waals surface area contributed by atoms with E-state index < -0.39 is 0 Å². The second kappa shape index (κ2) is 4.42. The molecule has 2 aliphatic rings. The van der Waals surface area contributed by atoms with Crippen molar-refractivity contribution in [3.05, 3.63) is 17.0 Å². The standard InChI is InChI=1S/C14H21N3O2/c1-9-10(2)15-13(16-11(9)3)17-4-12-5-19-8-14(12,6-17)7-18/h12,18H,4-8H2,1-3H3/t12-,14-/m0/s1. The average molecular weight is 263 g/mol. The molecule has 3 rings (SSSR count). The molecule has 1 aromatic heterocycles. The fourth-order valence-corrected chi connectivity index (χ4v) is 3.10. The number of hydrogen-bond donors (Lipinski definition) is 1. The zero-order valence-corrected chi connectivity index (χ0v) is 11.8. The molecule has 5 heteroatoms. The first kappa shape index (κ1) is 12.8. The summed E-state index contributed by atoms with van der Waals surface area (Å²) < 4.78 is 5.53. The highest BCUT2D eigenvalue weighted by Crippen LogP contribution is 2.41. The lowest BCUT2D eigenvalue weighted by Gasteiger charge is -2.24. The molecule has 0 aliphatic carbocycles. The third kappa shape index (κ3) is 1.92. The highest BCUT2D eigenvalue weighted by atomic mass is 16.5. The summed E-state index contributed by atoms with van der Waals surface area (Å²) in [6.45, 7) is 9.33. The molecule has 2 atom stereocenters. The quantitative estimate of drug-likeness (QED) is 0.857. The molecule has 0 unspecified atom stereocenters. The number of aliphatic hydroxyl groups excluding tert-OH is 1. The van der Waals surface area contributed by atoms with E-state index >= 15 is 0 Å². The van der Waals surface area contributed by atoms with Crippen LogP contribution >= 0.6 is 0 Å². The molecule has 0 saturated carbocycles. The SMILES string of the molecule is Cc1nc(N2C[C@H]3COC[C@@]3(CO)C2)nc(C)c1C. The van der Waals surface area contributed by atoms with Crippen molar-refractivity contribution in [1.82, 2.24) is 9.97 Å². The van der Waals surface area contributed by atoms with Crippen LogP contribution in [0.3, 0.4) is 0 Å². The summed E-state index contributed by atoms with van der Waals surface area (Å²) in [5.74, 6) is 1.19. The molecule has 2 aliphatic heterocycles. The van der Waals surface area contributed by atoms with Crippen LogP contribution in [-0.2, 0) is 4.74 Å². The average Bonchev–Trinajstić information content (AvgIpc) is 2.92. The van der Waals surface area contributed by atoms with Crippen molar-refractivity contribution < 1.29 is 9.84 Å². The molecule has 0 radical (unpaired) electrons. The Balaban J connectivity index is 1.89. The molecule has 2 fully saturated rings. The monoisotopic (exact) mass is 263 g/mol. The van der Waals surface area contributed by atoms with Gasteiger partial charge in [-0.25, -0.2) is 9.97 Å². The Hall–Kier alpha value is -1.20. The van der Waals surface area contributed by atoms with E-state index in [1.807, 2.05) is 13.8 Å². The maximum atomic E-state index is 9.70. The topological polar surface area (TPSA) is 58.5 Å². The smallest absolute Gasteiger partial charge is 0.225 e. The number of nitrogens with zero attached hydrogens (tertiary/aromatic N) is 3. The van der Waals surface area contributed by atoms with Crippen molar-refractivity contribution in [1.29, 1.82) is 0 Å². The Morgan fingerprint density at radius 1 is 1.32 bits per heavy atom. The Labute approximate surface area is 113 Å². The fourth-order valence-electron chi connectivity index (χ4n) is 3.10. The number of ether oxygens (including phenoxy) is 1. The van der Waals surface area contributed by atoms with E-state index in [-0.39, 0.29) is 12.0 Å². The Morgan fingerprint density at radius 3 is 2.58 bits per heavy atom. The maximum Gasteiger partial charge on any atom is 0.225 e. The molecule has 1 aromatic rings. The summed E-state index contributed by atoms with van der Waals surface area (Å²) in [4.78, 5) is 11.4. The van der Waals surface area contributed by atoms with Crippen molar-refractivity contribution >= 4 is 5.95 Å². The summed E-state index contributed by atoms with van der Waals surface area (Å²) >= 11 is 0. The Kier molecular flexibility index (Phi) is 2.98. The third-order valence-corrected chi connectivity index (χ3v) is 4.74. The van der Waals surface area contributed by atoms with Gasteiger partial charge in [0.15, 0.2) is 0 Å². The number of anilines is 1. The lowest BCUT2D eigenvalue weighted by atomic mass is 9.82. The van der Waals surface area contributed by atoms with Gasteiger partial charge in [-0.05, 0) is 26.3 Å². The van der Waals surface area contributed by atoms with Gasteiger partial charge >= 0.3 is 0 Å². The summed E-state index contributed by atoms with van der Waals surface area (Å²) in [6.07, 6.45) is 0. The van der Waals surface area contributed by atoms with Gasteiger partial charge in [0.1, 0.15) is 0 Å². The van der Waals surface area contributed by atoms with Crippen molar-refractivity contribution in [2.45, 2.75) is 20.8 Å². The second-order valence-corrected chi connectivity index (χ2v) is 5.93. The molecule has 104 valence electrons. The van der Waals surface area contributed by atoms with E-state index in [0.717, 1.165) is 42.6 Å². The Bertz CT molecular complexity index is 482. The number of aliphatic hydroxyl groups is 1. The molecular weight excluding hydrogens is 242 g/mol. The first-order valence-corrected chi connectivity index (χ1v) is 6.81. The number of aromatic nitrogens is 2.